The van der Waals surface area contributed by atoms with Crippen LogP contribution in [0.5, 0.6) is 5.75 Å². The van der Waals surface area contributed by atoms with E-state index in [9.17, 15) is 0 Å². The van der Waals surface area contributed by atoms with E-state index in [0.29, 0.717) is 6.04 Å². The van der Waals surface area contributed by atoms with Crippen molar-refractivity contribution in [2.45, 2.75) is 39.7 Å². The second-order valence-electron chi connectivity index (χ2n) is 4.99. The summed E-state index contributed by atoms with van der Waals surface area (Å²) < 4.78 is 5.23. The van der Waals surface area contributed by atoms with Crippen LogP contribution in [0.2, 0.25) is 0 Å². The summed E-state index contributed by atoms with van der Waals surface area (Å²) in [4.78, 5) is 0. The molecule has 1 atom stereocenters. The number of ether oxygens (including phenoxy) is 1. The van der Waals surface area contributed by atoms with E-state index in [4.69, 9.17) is 4.74 Å². The minimum absolute atomic E-state index is 0.386. The largest absolute Gasteiger partial charge is 0.497 e. The molecule has 0 unspecified atom stereocenters. The van der Waals surface area contributed by atoms with Crippen LogP contribution >= 0.6 is 0 Å². The van der Waals surface area contributed by atoms with Crippen molar-refractivity contribution in [2.24, 2.45) is 5.92 Å². The van der Waals surface area contributed by atoms with Crippen molar-refractivity contribution in [3.8, 4) is 5.75 Å². The fourth-order valence-corrected chi connectivity index (χ4v) is 1.86. The Morgan fingerprint density at radius 1 is 1.24 bits per heavy atom. The number of nitrogens with one attached hydrogen (secondary N) is 1. The van der Waals surface area contributed by atoms with E-state index in [2.05, 4.69) is 38.2 Å². The molecule has 0 heterocycles. The molecule has 1 N–H and O–H groups in total. The van der Waals surface area contributed by atoms with Gasteiger partial charge >= 0.3 is 0 Å². The molecule has 1 rings (SSSR count). The molecule has 0 radical (unpaired) electrons. The second kappa shape index (κ2) is 7.33. The molecule has 0 bridgehead atoms. The van der Waals surface area contributed by atoms with E-state index in [1.165, 1.54) is 18.4 Å². The second-order valence-corrected chi connectivity index (χ2v) is 4.99. The summed E-state index contributed by atoms with van der Waals surface area (Å²) in [5, 5.41) is 3.55. The summed E-state index contributed by atoms with van der Waals surface area (Å²) >= 11 is 0. The molecule has 0 fully saturated rings. The van der Waals surface area contributed by atoms with Crippen molar-refractivity contribution < 1.29 is 4.74 Å². The highest BCUT2D eigenvalue weighted by atomic mass is 16.5. The first kappa shape index (κ1) is 14.0. The fraction of sp³-hybridized carbons (Fsp3) is 0.600. The number of rotatable bonds is 7. The molecule has 0 aliphatic carbocycles. The Bertz CT molecular complexity index is 322. The van der Waals surface area contributed by atoms with E-state index < -0.39 is 0 Å². The average molecular weight is 235 g/mol. The van der Waals surface area contributed by atoms with Crippen molar-refractivity contribution in [1.82, 2.24) is 5.32 Å². The molecule has 17 heavy (non-hydrogen) atoms. The molecule has 2 nitrogen and oxygen atoms in total. The van der Waals surface area contributed by atoms with E-state index in [0.717, 1.165) is 18.2 Å². The van der Waals surface area contributed by atoms with Gasteiger partial charge in [-0.2, -0.15) is 0 Å². The van der Waals surface area contributed by atoms with Crippen LogP contribution in [0.25, 0.3) is 0 Å². The van der Waals surface area contributed by atoms with Gasteiger partial charge in [-0.3, -0.25) is 0 Å². The Morgan fingerprint density at radius 3 is 2.65 bits per heavy atom. The molecular weight excluding hydrogens is 210 g/mol. The van der Waals surface area contributed by atoms with Gasteiger partial charge in [-0.25, -0.2) is 0 Å². The molecule has 0 spiro atoms. The predicted molar refractivity (Wildman–Crippen MR) is 73.5 cm³/mol. The maximum absolute atomic E-state index is 5.23. The van der Waals surface area contributed by atoms with Gasteiger partial charge in [-0.05, 0) is 49.9 Å². The third-order valence-corrected chi connectivity index (χ3v) is 3.00. The molecular formula is C15H25NO. The number of hydrogen-bond donors (Lipinski definition) is 1. The minimum Gasteiger partial charge on any atom is -0.497 e. The highest BCUT2D eigenvalue weighted by Gasteiger charge is 2.05. The summed E-state index contributed by atoms with van der Waals surface area (Å²) in [7, 11) is 1.71. The summed E-state index contributed by atoms with van der Waals surface area (Å²) in [6.07, 6.45) is 2.53. The third-order valence-electron chi connectivity index (χ3n) is 3.00. The summed E-state index contributed by atoms with van der Waals surface area (Å²) in [5.74, 6) is 1.72. The zero-order chi connectivity index (χ0) is 12.7. The first-order valence-electron chi connectivity index (χ1n) is 6.50. The maximum Gasteiger partial charge on any atom is 0.119 e. The van der Waals surface area contributed by atoms with Crippen LogP contribution in [-0.2, 0) is 0 Å². The van der Waals surface area contributed by atoms with Gasteiger partial charge in [0.1, 0.15) is 5.75 Å². The van der Waals surface area contributed by atoms with Gasteiger partial charge < -0.3 is 10.1 Å². The topological polar surface area (TPSA) is 21.3 Å². The van der Waals surface area contributed by atoms with Gasteiger partial charge in [-0.1, -0.05) is 26.0 Å². The summed E-state index contributed by atoms with van der Waals surface area (Å²) in [6.45, 7) is 7.82. The Hall–Kier alpha value is -1.02. The van der Waals surface area contributed by atoms with E-state index in [1.54, 1.807) is 7.11 Å². The minimum atomic E-state index is 0.386. The maximum atomic E-state index is 5.23. The molecule has 1 aromatic carbocycles. The van der Waals surface area contributed by atoms with Gasteiger partial charge in [0, 0.05) is 6.04 Å². The zero-order valence-electron chi connectivity index (χ0n) is 11.5. The predicted octanol–water partition coefficient (Wildman–Crippen LogP) is 3.78. The highest BCUT2D eigenvalue weighted by Crippen LogP contribution is 2.18. The third kappa shape index (κ3) is 5.22. The van der Waals surface area contributed by atoms with Crippen LogP contribution in [0.1, 0.15) is 45.2 Å². The lowest BCUT2D eigenvalue weighted by molar-refractivity contribution is 0.413. The Labute approximate surface area is 105 Å². The lowest BCUT2D eigenvalue weighted by Gasteiger charge is -2.15. The molecule has 0 aliphatic heterocycles. The first-order valence-corrected chi connectivity index (χ1v) is 6.50. The fourth-order valence-electron chi connectivity index (χ4n) is 1.86. The van der Waals surface area contributed by atoms with Crippen molar-refractivity contribution in [1.29, 1.82) is 0 Å². The van der Waals surface area contributed by atoms with Crippen LogP contribution in [0.4, 0.5) is 0 Å². The van der Waals surface area contributed by atoms with Crippen molar-refractivity contribution in [3.05, 3.63) is 29.8 Å². The van der Waals surface area contributed by atoms with Gasteiger partial charge in [-0.15, -0.1) is 0 Å². The van der Waals surface area contributed by atoms with E-state index >= 15 is 0 Å². The number of methoxy groups -OCH3 is 1. The molecule has 0 saturated heterocycles. The van der Waals surface area contributed by atoms with Gasteiger partial charge in [0.05, 0.1) is 7.11 Å². The summed E-state index contributed by atoms with van der Waals surface area (Å²) in [5.41, 5.74) is 1.29. The smallest absolute Gasteiger partial charge is 0.119 e. The standard InChI is InChI=1S/C15H25NO/c1-12(2)7-6-10-16-13(3)14-8-5-9-15(11-14)17-4/h5,8-9,11-13,16H,6-7,10H2,1-4H3/t13-/m0/s1. The van der Waals surface area contributed by atoms with Gasteiger partial charge in [0.15, 0.2) is 0 Å². The molecule has 1 aromatic rings. The molecule has 0 saturated carbocycles. The lowest BCUT2D eigenvalue weighted by Crippen LogP contribution is -2.20. The normalized spacial score (nSPS) is 12.8. The van der Waals surface area contributed by atoms with Crippen molar-refractivity contribution in [3.63, 3.8) is 0 Å². The highest BCUT2D eigenvalue weighted by molar-refractivity contribution is 5.30. The van der Waals surface area contributed by atoms with Crippen LogP contribution < -0.4 is 10.1 Å². The van der Waals surface area contributed by atoms with Crippen LogP contribution in [0.15, 0.2) is 24.3 Å². The Morgan fingerprint density at radius 2 is 2.00 bits per heavy atom. The van der Waals surface area contributed by atoms with Crippen LogP contribution in [-0.4, -0.2) is 13.7 Å². The van der Waals surface area contributed by atoms with E-state index in [-0.39, 0.29) is 0 Å². The van der Waals surface area contributed by atoms with Gasteiger partial charge in [0.2, 0.25) is 0 Å². The quantitative estimate of drug-likeness (QED) is 0.726. The molecule has 0 amide bonds. The average Bonchev–Trinajstić information content (AvgIpc) is 2.34. The zero-order valence-corrected chi connectivity index (χ0v) is 11.5. The Kier molecular flexibility index (Phi) is 6.06. The molecule has 0 aromatic heterocycles. The summed E-state index contributed by atoms with van der Waals surface area (Å²) in [6, 6.07) is 8.65. The molecule has 96 valence electrons. The van der Waals surface area contributed by atoms with Gasteiger partial charge in [0.25, 0.3) is 0 Å². The Balaban J connectivity index is 2.38. The van der Waals surface area contributed by atoms with E-state index in [1.807, 2.05) is 12.1 Å². The lowest BCUT2D eigenvalue weighted by atomic mass is 10.1. The van der Waals surface area contributed by atoms with Crippen LogP contribution in [0, 0.1) is 5.92 Å². The molecule has 2 heteroatoms. The number of benzene rings is 1. The molecule has 0 aliphatic rings. The number of hydrogen-bond acceptors (Lipinski definition) is 2. The van der Waals surface area contributed by atoms with Crippen LogP contribution in [0.3, 0.4) is 0 Å². The van der Waals surface area contributed by atoms with Crippen molar-refractivity contribution in [2.75, 3.05) is 13.7 Å². The first-order chi connectivity index (χ1) is 8.13. The monoisotopic (exact) mass is 235 g/mol. The SMILES string of the molecule is COc1cccc([C@H](C)NCCCC(C)C)c1. The van der Waals surface area contributed by atoms with Crippen molar-refractivity contribution >= 4 is 0 Å².